The lowest BCUT2D eigenvalue weighted by atomic mass is 10.2. The van der Waals surface area contributed by atoms with Crippen molar-refractivity contribution in [2.24, 2.45) is 0 Å². The summed E-state index contributed by atoms with van der Waals surface area (Å²) in [6, 6.07) is 3.45. The van der Waals surface area contributed by atoms with Crippen LogP contribution in [0, 0.1) is 12.7 Å². The van der Waals surface area contributed by atoms with Gasteiger partial charge >= 0.3 is 0 Å². The van der Waals surface area contributed by atoms with E-state index in [0.29, 0.717) is 12.1 Å². The van der Waals surface area contributed by atoms with Crippen LogP contribution in [-0.2, 0) is 4.79 Å². The van der Waals surface area contributed by atoms with Crippen LogP contribution in [0.15, 0.2) is 12.1 Å². The molecule has 0 aromatic heterocycles. The zero-order chi connectivity index (χ0) is 11.0. The zero-order valence-electron chi connectivity index (χ0n) is 8.80. The molecule has 0 bridgehead atoms. The van der Waals surface area contributed by atoms with Gasteiger partial charge in [-0.1, -0.05) is 7.92 Å². The standard InChI is InChI=1S/C11H13FNOP/c1-7-5-8(12)11-9(6-7)15(2)4-3-10(14)13-11/h5-6H,3-4H2,1-2H3,(H,13,14). The number of nitrogens with one attached hydrogen (secondary N) is 1. The molecule has 0 saturated carbocycles. The van der Waals surface area contributed by atoms with Gasteiger partial charge in [-0.2, -0.15) is 0 Å². The Kier molecular flexibility index (Phi) is 2.74. The Balaban J connectivity index is 2.56. The first-order valence-electron chi connectivity index (χ1n) is 4.89. The van der Waals surface area contributed by atoms with E-state index in [9.17, 15) is 9.18 Å². The number of hydrogen-bond donors (Lipinski definition) is 1. The van der Waals surface area contributed by atoms with E-state index in [1.165, 1.54) is 6.07 Å². The first kappa shape index (κ1) is 10.6. The second kappa shape index (κ2) is 3.90. The Hall–Kier alpha value is -0.950. The second-order valence-electron chi connectivity index (χ2n) is 3.86. The maximum atomic E-state index is 13.7. The van der Waals surface area contributed by atoms with Gasteiger partial charge in [-0.3, -0.25) is 4.79 Å². The average Bonchev–Trinajstić information content (AvgIpc) is 2.30. The van der Waals surface area contributed by atoms with Gasteiger partial charge in [-0.15, -0.1) is 0 Å². The minimum absolute atomic E-state index is 0.0779. The van der Waals surface area contributed by atoms with E-state index in [-0.39, 0.29) is 11.7 Å². The van der Waals surface area contributed by atoms with Crippen LogP contribution < -0.4 is 10.6 Å². The minimum atomic E-state index is -0.416. The Bertz CT molecular complexity index is 419. The van der Waals surface area contributed by atoms with E-state index in [0.717, 1.165) is 17.0 Å². The third-order valence-electron chi connectivity index (χ3n) is 2.56. The summed E-state index contributed by atoms with van der Waals surface area (Å²) < 4.78 is 13.7. The summed E-state index contributed by atoms with van der Waals surface area (Å²) in [4.78, 5) is 11.4. The predicted octanol–water partition coefficient (Wildman–Crippen LogP) is 2.21. The van der Waals surface area contributed by atoms with Crippen LogP contribution in [0.3, 0.4) is 0 Å². The zero-order valence-corrected chi connectivity index (χ0v) is 9.70. The van der Waals surface area contributed by atoms with Crippen molar-refractivity contribution in [1.29, 1.82) is 0 Å². The predicted molar refractivity (Wildman–Crippen MR) is 61.7 cm³/mol. The highest BCUT2D eigenvalue weighted by molar-refractivity contribution is 7.65. The van der Waals surface area contributed by atoms with Crippen molar-refractivity contribution in [2.45, 2.75) is 13.3 Å². The van der Waals surface area contributed by atoms with Crippen molar-refractivity contribution in [3.05, 3.63) is 23.5 Å². The number of fused-ring (bicyclic) bond motifs is 1. The molecular formula is C11H13FNOP. The lowest BCUT2D eigenvalue weighted by molar-refractivity contribution is -0.115. The molecule has 1 heterocycles. The highest BCUT2D eigenvalue weighted by Gasteiger charge is 2.21. The molecule has 1 aromatic carbocycles. The highest BCUT2D eigenvalue weighted by Crippen LogP contribution is 2.37. The molecule has 0 aliphatic carbocycles. The number of hydrogen-bond acceptors (Lipinski definition) is 1. The number of amides is 1. The van der Waals surface area contributed by atoms with Crippen LogP contribution >= 0.6 is 7.92 Å². The van der Waals surface area contributed by atoms with Crippen LogP contribution in [-0.4, -0.2) is 18.7 Å². The number of anilines is 1. The lowest BCUT2D eigenvalue weighted by Crippen LogP contribution is -2.15. The van der Waals surface area contributed by atoms with E-state index in [2.05, 4.69) is 12.0 Å². The van der Waals surface area contributed by atoms with Gasteiger partial charge in [0.05, 0.1) is 5.69 Å². The Morgan fingerprint density at radius 1 is 1.47 bits per heavy atom. The molecule has 15 heavy (non-hydrogen) atoms. The molecular weight excluding hydrogens is 212 g/mol. The number of carbonyl (C=O) groups excluding carboxylic acids is 1. The second-order valence-corrected chi connectivity index (χ2v) is 6.19. The summed E-state index contributed by atoms with van der Waals surface area (Å²) in [7, 11) is -0.416. The minimum Gasteiger partial charge on any atom is -0.323 e. The van der Waals surface area contributed by atoms with Gasteiger partial charge in [0.2, 0.25) is 5.91 Å². The molecule has 2 nitrogen and oxygen atoms in total. The van der Waals surface area contributed by atoms with Gasteiger partial charge in [0, 0.05) is 11.7 Å². The Morgan fingerprint density at radius 2 is 2.20 bits per heavy atom. The maximum absolute atomic E-state index is 13.7. The molecule has 2 rings (SSSR count). The molecule has 1 amide bonds. The fourth-order valence-corrected chi connectivity index (χ4v) is 3.49. The van der Waals surface area contributed by atoms with Gasteiger partial charge in [0.25, 0.3) is 0 Å². The van der Waals surface area contributed by atoms with Crippen LogP contribution in [0.1, 0.15) is 12.0 Å². The lowest BCUT2D eigenvalue weighted by Gasteiger charge is -2.13. The van der Waals surface area contributed by atoms with Crippen molar-refractivity contribution in [2.75, 3.05) is 18.1 Å². The Morgan fingerprint density at radius 3 is 2.93 bits per heavy atom. The molecule has 0 fully saturated rings. The van der Waals surface area contributed by atoms with Gasteiger partial charge < -0.3 is 5.32 Å². The summed E-state index contributed by atoms with van der Waals surface area (Å²) in [5, 5.41) is 3.63. The largest absolute Gasteiger partial charge is 0.323 e. The fraction of sp³-hybridized carbons (Fsp3) is 0.364. The number of rotatable bonds is 0. The van der Waals surface area contributed by atoms with Gasteiger partial charge in [-0.25, -0.2) is 4.39 Å². The fourth-order valence-electron chi connectivity index (χ4n) is 1.74. The van der Waals surface area contributed by atoms with E-state index < -0.39 is 7.92 Å². The SMILES string of the molecule is Cc1cc(F)c2c(c1)P(C)CCC(=O)N2. The number of benzene rings is 1. The summed E-state index contributed by atoms with van der Waals surface area (Å²) in [6.07, 6.45) is 1.34. The van der Waals surface area contributed by atoms with Crippen molar-refractivity contribution in [1.82, 2.24) is 0 Å². The summed E-state index contributed by atoms with van der Waals surface area (Å²) in [5.41, 5.74) is 1.31. The highest BCUT2D eigenvalue weighted by atomic mass is 31.1. The summed E-state index contributed by atoms with van der Waals surface area (Å²) in [6.45, 7) is 3.96. The molecule has 1 unspecified atom stereocenters. The molecule has 1 N–H and O–H groups in total. The van der Waals surface area contributed by atoms with Crippen molar-refractivity contribution < 1.29 is 9.18 Å². The average molecular weight is 225 g/mol. The van der Waals surface area contributed by atoms with Crippen molar-refractivity contribution >= 4 is 24.8 Å². The summed E-state index contributed by atoms with van der Waals surface area (Å²) in [5.74, 6) is -0.388. The number of carbonyl (C=O) groups is 1. The monoisotopic (exact) mass is 225 g/mol. The first-order chi connectivity index (χ1) is 7.08. The molecule has 1 aliphatic rings. The number of halogens is 1. The molecule has 0 radical (unpaired) electrons. The van der Waals surface area contributed by atoms with Crippen LogP contribution in [0.2, 0.25) is 0 Å². The molecule has 1 atom stereocenters. The molecule has 0 saturated heterocycles. The topological polar surface area (TPSA) is 29.1 Å². The summed E-state index contributed by atoms with van der Waals surface area (Å²) >= 11 is 0. The van der Waals surface area contributed by atoms with Gasteiger partial charge in [0.1, 0.15) is 5.82 Å². The van der Waals surface area contributed by atoms with E-state index in [4.69, 9.17) is 0 Å². The first-order valence-corrected chi connectivity index (χ1v) is 6.86. The molecule has 1 aliphatic heterocycles. The van der Waals surface area contributed by atoms with E-state index in [1.807, 2.05) is 13.0 Å². The van der Waals surface area contributed by atoms with Crippen LogP contribution in [0.25, 0.3) is 0 Å². The van der Waals surface area contributed by atoms with Gasteiger partial charge in [0.15, 0.2) is 0 Å². The van der Waals surface area contributed by atoms with Crippen LogP contribution in [0.4, 0.5) is 10.1 Å². The maximum Gasteiger partial charge on any atom is 0.224 e. The third kappa shape index (κ3) is 2.03. The normalized spacial score (nSPS) is 20.5. The third-order valence-corrected chi connectivity index (χ3v) is 4.63. The molecule has 1 aromatic rings. The van der Waals surface area contributed by atoms with E-state index >= 15 is 0 Å². The van der Waals surface area contributed by atoms with E-state index in [1.54, 1.807) is 0 Å². The quantitative estimate of drug-likeness (QED) is 0.674. The molecule has 4 heteroatoms. The van der Waals surface area contributed by atoms with Crippen molar-refractivity contribution in [3.8, 4) is 0 Å². The Labute approximate surface area is 89.6 Å². The van der Waals surface area contributed by atoms with Crippen molar-refractivity contribution in [3.63, 3.8) is 0 Å². The number of aryl methyl sites for hydroxylation is 1. The molecule has 80 valence electrons. The molecule has 0 spiro atoms. The van der Waals surface area contributed by atoms with Gasteiger partial charge in [-0.05, 0) is 37.4 Å². The smallest absolute Gasteiger partial charge is 0.224 e. The van der Waals surface area contributed by atoms with Crippen LogP contribution in [0.5, 0.6) is 0 Å².